The first-order valence-electron chi connectivity index (χ1n) is 4.03. The van der Waals surface area contributed by atoms with Gasteiger partial charge in [-0.05, 0) is 17.2 Å². The molecule has 0 heterocycles. The molecule has 2 aliphatic carbocycles. The Hall–Kier alpha value is -1.83. The van der Waals surface area contributed by atoms with Crippen molar-refractivity contribution in [3.05, 3.63) is 48.0 Å². The summed E-state index contributed by atoms with van der Waals surface area (Å²) in [6.45, 7) is 0. The first-order chi connectivity index (χ1) is 6.29. The van der Waals surface area contributed by atoms with Gasteiger partial charge >= 0.3 is 0 Å². The maximum absolute atomic E-state index is 10.9. The predicted octanol–water partition coefficient (Wildman–Crippen LogP) is 2.21. The topological polar surface area (TPSA) is 40.9 Å². The number of rotatable bonds is 1. The van der Waals surface area contributed by atoms with Crippen molar-refractivity contribution in [2.45, 2.75) is 0 Å². The van der Waals surface area contributed by atoms with Gasteiger partial charge in [0.05, 0.1) is 0 Å². The Morgan fingerprint density at radius 2 is 1.77 bits per heavy atom. The predicted molar refractivity (Wildman–Crippen MR) is 50.5 cm³/mol. The molecule has 0 saturated heterocycles. The van der Waals surface area contributed by atoms with Crippen molar-refractivity contribution in [3.8, 4) is 11.1 Å². The molecule has 1 radical (unpaired) electrons. The molecule has 13 heavy (non-hydrogen) atoms. The average molecular weight is 170 g/mol. The van der Waals surface area contributed by atoms with E-state index >= 15 is 0 Å². The van der Waals surface area contributed by atoms with Crippen LogP contribution in [0.2, 0.25) is 0 Å². The lowest BCUT2D eigenvalue weighted by molar-refractivity contribution is 0.0993. The quantitative estimate of drug-likeness (QED) is 0.646. The van der Waals surface area contributed by atoms with Crippen LogP contribution in [-0.2, 0) is 0 Å². The summed E-state index contributed by atoms with van der Waals surface area (Å²) in [7, 11) is 0. The summed E-state index contributed by atoms with van der Waals surface area (Å²) in [6.07, 6.45) is 0. The zero-order valence-corrected chi connectivity index (χ0v) is 6.95. The Morgan fingerprint density at radius 1 is 1.00 bits per heavy atom. The van der Waals surface area contributed by atoms with Gasteiger partial charge in [-0.2, -0.15) is 0 Å². The molecule has 0 atom stereocenters. The maximum atomic E-state index is 10.9. The molecule has 1 N–H and O–H groups in total. The number of hydrogen-bond acceptors (Lipinski definition) is 1. The molecule has 0 aromatic carbocycles. The van der Waals surface area contributed by atoms with Gasteiger partial charge in [0.2, 0.25) is 0 Å². The third-order valence-corrected chi connectivity index (χ3v) is 2.04. The molecular weight excluding hydrogens is 162 g/mol. The van der Waals surface area contributed by atoms with E-state index in [1.165, 1.54) is 0 Å². The third-order valence-electron chi connectivity index (χ3n) is 2.04. The molecule has 0 bridgehead atoms. The number of carbonyl (C=O) groups excluding carboxylic acids is 1. The molecule has 0 saturated carbocycles. The van der Waals surface area contributed by atoms with Crippen molar-refractivity contribution in [2.75, 3.05) is 0 Å². The maximum Gasteiger partial charge on any atom is 0.270 e. The molecule has 0 aliphatic heterocycles. The summed E-state index contributed by atoms with van der Waals surface area (Å²) in [5.41, 5.74) is 9.37. The largest absolute Gasteiger partial charge is 0.270 e. The van der Waals surface area contributed by atoms with E-state index in [0.717, 1.165) is 11.1 Å². The summed E-state index contributed by atoms with van der Waals surface area (Å²) in [5.74, 6) is -0.624. The van der Waals surface area contributed by atoms with E-state index in [4.69, 9.17) is 5.73 Å². The summed E-state index contributed by atoms with van der Waals surface area (Å²) >= 11 is 0. The van der Waals surface area contributed by atoms with Gasteiger partial charge in [-0.25, -0.2) is 0 Å². The number of hydrogen-bond donors (Lipinski definition) is 0. The van der Waals surface area contributed by atoms with Gasteiger partial charge in [-0.15, -0.1) is 0 Å². The van der Waals surface area contributed by atoms with Crippen LogP contribution >= 0.6 is 0 Å². The van der Waals surface area contributed by atoms with Crippen LogP contribution in [0, 0.1) is 0 Å². The van der Waals surface area contributed by atoms with Crippen molar-refractivity contribution in [2.24, 2.45) is 0 Å². The molecule has 63 valence electrons. The summed E-state index contributed by atoms with van der Waals surface area (Å²) in [4.78, 5) is 10.9. The van der Waals surface area contributed by atoms with E-state index in [-0.39, 0.29) is 0 Å². The van der Waals surface area contributed by atoms with E-state index in [1.807, 2.05) is 36.4 Å². The second-order valence-electron chi connectivity index (χ2n) is 2.86. The van der Waals surface area contributed by atoms with Gasteiger partial charge in [0.15, 0.2) is 0 Å². The van der Waals surface area contributed by atoms with Gasteiger partial charge in [0, 0.05) is 5.56 Å². The van der Waals surface area contributed by atoms with E-state index in [2.05, 4.69) is 0 Å². The van der Waals surface area contributed by atoms with E-state index < -0.39 is 5.91 Å². The summed E-state index contributed by atoms with van der Waals surface area (Å²) in [6, 6.07) is 13.0. The molecule has 1 amide bonds. The van der Waals surface area contributed by atoms with Crippen LogP contribution in [0.4, 0.5) is 0 Å². The Bertz CT molecular complexity index is 422. The Kier molecular flexibility index (Phi) is 1.74. The second-order valence-corrected chi connectivity index (χ2v) is 2.86. The third kappa shape index (κ3) is 1.26. The highest BCUT2D eigenvalue weighted by molar-refractivity contribution is 6.00. The Morgan fingerprint density at radius 3 is 2.54 bits per heavy atom. The SMILES string of the molecule is [NH]C(=O)c1ccc2cccccc1-2. The van der Waals surface area contributed by atoms with Gasteiger partial charge in [0.25, 0.3) is 5.91 Å². The van der Waals surface area contributed by atoms with Gasteiger partial charge in [-0.1, -0.05) is 36.4 Å². The van der Waals surface area contributed by atoms with Crippen LogP contribution in [0.3, 0.4) is 0 Å². The van der Waals surface area contributed by atoms with Crippen molar-refractivity contribution in [3.63, 3.8) is 0 Å². The minimum absolute atomic E-state index is 0.478. The fourth-order valence-electron chi connectivity index (χ4n) is 1.41. The second kappa shape index (κ2) is 2.90. The minimum Gasteiger partial charge on any atom is -0.267 e. The lowest BCUT2D eigenvalue weighted by atomic mass is 10.1. The molecule has 0 aromatic rings. The Labute approximate surface area is 76.3 Å². The van der Waals surface area contributed by atoms with Crippen LogP contribution in [0.1, 0.15) is 10.4 Å². The first-order valence-corrected chi connectivity index (χ1v) is 4.03. The van der Waals surface area contributed by atoms with Gasteiger partial charge in [0.1, 0.15) is 0 Å². The monoisotopic (exact) mass is 170 g/mol. The van der Waals surface area contributed by atoms with E-state index in [1.54, 1.807) is 6.07 Å². The zero-order chi connectivity index (χ0) is 9.26. The van der Waals surface area contributed by atoms with Crippen molar-refractivity contribution < 1.29 is 4.79 Å². The molecule has 2 nitrogen and oxygen atoms in total. The normalized spacial score (nSPS) is 10.2. The number of carbonyl (C=O) groups is 1. The average Bonchev–Trinajstić information content (AvgIpc) is 2.36. The fraction of sp³-hybridized carbons (Fsp3) is 0. The highest BCUT2D eigenvalue weighted by Gasteiger charge is 2.11. The summed E-state index contributed by atoms with van der Waals surface area (Å²) in [5, 5.41) is 0. The van der Waals surface area contributed by atoms with Gasteiger partial charge < -0.3 is 0 Å². The standard InChI is InChI=1S/C11H8NO/c12-11(13)10-7-6-8-4-2-1-3-5-9(8)10/h1-7,12H. The molecule has 0 fully saturated rings. The van der Waals surface area contributed by atoms with Crippen LogP contribution < -0.4 is 5.73 Å². The van der Waals surface area contributed by atoms with E-state index in [0.29, 0.717) is 5.56 Å². The van der Waals surface area contributed by atoms with Crippen molar-refractivity contribution >= 4 is 5.91 Å². The smallest absolute Gasteiger partial charge is 0.267 e. The molecule has 2 aliphatic rings. The molecule has 0 spiro atoms. The molecule has 0 aromatic heterocycles. The van der Waals surface area contributed by atoms with Crippen molar-refractivity contribution in [1.82, 2.24) is 5.73 Å². The zero-order valence-electron chi connectivity index (χ0n) is 6.95. The van der Waals surface area contributed by atoms with Crippen LogP contribution in [0.15, 0.2) is 42.5 Å². The Balaban J connectivity index is 2.68. The first kappa shape index (κ1) is 7.80. The van der Waals surface area contributed by atoms with Crippen LogP contribution in [-0.4, -0.2) is 5.91 Å². The number of fused-ring (bicyclic) bond motifs is 1. The highest BCUT2D eigenvalue weighted by Crippen LogP contribution is 2.26. The lowest BCUT2D eigenvalue weighted by Crippen LogP contribution is -1.97. The van der Waals surface area contributed by atoms with E-state index in [9.17, 15) is 4.79 Å². The minimum atomic E-state index is -0.624. The number of nitrogens with one attached hydrogen (secondary N) is 1. The van der Waals surface area contributed by atoms with Gasteiger partial charge in [-0.3, -0.25) is 10.5 Å². The lowest BCUT2D eigenvalue weighted by Gasteiger charge is -1.94. The summed E-state index contributed by atoms with van der Waals surface area (Å²) < 4.78 is 0. The number of amides is 1. The molecule has 2 rings (SSSR count). The van der Waals surface area contributed by atoms with Crippen LogP contribution in [0.25, 0.3) is 11.1 Å². The molecule has 0 unspecified atom stereocenters. The van der Waals surface area contributed by atoms with Crippen LogP contribution in [0.5, 0.6) is 0 Å². The highest BCUT2D eigenvalue weighted by atomic mass is 16.1. The fourth-order valence-corrected chi connectivity index (χ4v) is 1.41. The van der Waals surface area contributed by atoms with Crippen molar-refractivity contribution in [1.29, 1.82) is 0 Å². The molecular formula is C11H8NO. The molecule has 2 heteroatoms.